The lowest BCUT2D eigenvalue weighted by atomic mass is 9.95. The van der Waals surface area contributed by atoms with Crippen molar-refractivity contribution in [3.8, 4) is 17.2 Å². The summed E-state index contributed by atoms with van der Waals surface area (Å²) in [5.74, 6) is -0.424. The SMILES string of the molecule is CCOC(=O)C1CCN(c2ccc(-c3cc(C)[nH]c(=O)c3C#N)cc2[N+](=O)[O-])CC1. The van der Waals surface area contributed by atoms with Crippen LogP contribution in [-0.2, 0) is 9.53 Å². The number of nitro benzene ring substituents is 1. The quantitative estimate of drug-likeness (QED) is 0.456. The second-order valence-electron chi connectivity index (χ2n) is 7.16. The van der Waals surface area contributed by atoms with E-state index in [0.717, 1.165) is 0 Å². The van der Waals surface area contributed by atoms with Crippen molar-refractivity contribution in [2.45, 2.75) is 26.7 Å². The molecule has 1 N–H and O–H groups in total. The second kappa shape index (κ2) is 8.78. The Labute approximate surface area is 173 Å². The molecule has 1 fully saturated rings. The van der Waals surface area contributed by atoms with Crippen LogP contribution in [0.2, 0.25) is 0 Å². The molecule has 1 aliphatic heterocycles. The molecule has 1 aromatic carbocycles. The Bertz CT molecular complexity index is 1080. The number of carbonyl (C=O) groups excluding carboxylic acids is 1. The van der Waals surface area contributed by atoms with E-state index >= 15 is 0 Å². The fraction of sp³-hybridized carbons (Fsp3) is 0.381. The van der Waals surface area contributed by atoms with Gasteiger partial charge in [-0.15, -0.1) is 0 Å². The van der Waals surface area contributed by atoms with Crippen LogP contribution in [0.4, 0.5) is 11.4 Å². The number of hydrogen-bond donors (Lipinski definition) is 1. The standard InChI is InChI=1S/C21H22N4O5/c1-3-30-21(27)14-6-8-24(9-7-14)18-5-4-15(11-19(18)25(28)29)16-10-13(2)23-20(26)17(16)12-22/h4-5,10-11,14H,3,6-9H2,1-2H3,(H,23,26). The van der Waals surface area contributed by atoms with E-state index in [9.17, 15) is 25.0 Å². The maximum atomic E-state index is 12.1. The minimum absolute atomic E-state index is 0.0853. The third kappa shape index (κ3) is 4.17. The summed E-state index contributed by atoms with van der Waals surface area (Å²) >= 11 is 0. The van der Waals surface area contributed by atoms with E-state index < -0.39 is 10.5 Å². The lowest BCUT2D eigenvalue weighted by molar-refractivity contribution is -0.384. The number of aryl methyl sites for hydroxylation is 1. The van der Waals surface area contributed by atoms with E-state index in [2.05, 4.69) is 4.98 Å². The van der Waals surface area contributed by atoms with Crippen LogP contribution in [0.5, 0.6) is 0 Å². The summed E-state index contributed by atoms with van der Waals surface area (Å²) in [5, 5.41) is 21.1. The van der Waals surface area contributed by atoms with Crippen LogP contribution in [-0.4, -0.2) is 35.6 Å². The first kappa shape index (κ1) is 21.0. The molecule has 0 unspecified atom stereocenters. The number of aromatic nitrogens is 1. The van der Waals surface area contributed by atoms with Crippen LogP contribution in [0.15, 0.2) is 29.1 Å². The van der Waals surface area contributed by atoms with Gasteiger partial charge in [-0.1, -0.05) is 6.07 Å². The summed E-state index contributed by atoms with van der Waals surface area (Å²) in [6.07, 6.45) is 1.12. The molecule has 1 aliphatic rings. The third-order valence-electron chi connectivity index (χ3n) is 5.22. The van der Waals surface area contributed by atoms with Crippen molar-refractivity contribution < 1.29 is 14.5 Å². The number of pyridine rings is 1. The summed E-state index contributed by atoms with van der Waals surface area (Å²) in [4.78, 5) is 39.7. The van der Waals surface area contributed by atoms with E-state index in [4.69, 9.17) is 4.74 Å². The molecule has 2 aromatic rings. The van der Waals surface area contributed by atoms with Gasteiger partial charge in [-0.25, -0.2) is 0 Å². The first-order chi connectivity index (χ1) is 14.3. The molecule has 0 spiro atoms. The van der Waals surface area contributed by atoms with Crippen LogP contribution >= 0.6 is 0 Å². The predicted molar refractivity (Wildman–Crippen MR) is 110 cm³/mol. The van der Waals surface area contributed by atoms with Gasteiger partial charge in [-0.2, -0.15) is 5.26 Å². The molecule has 0 atom stereocenters. The molecular weight excluding hydrogens is 388 g/mol. The van der Waals surface area contributed by atoms with E-state index in [1.54, 1.807) is 32.0 Å². The fourth-order valence-electron chi connectivity index (χ4n) is 3.75. The predicted octanol–water partition coefficient (Wildman–Crippen LogP) is 2.91. The number of nitrogens with one attached hydrogen (secondary N) is 1. The zero-order valence-electron chi connectivity index (χ0n) is 16.8. The van der Waals surface area contributed by atoms with Crippen LogP contribution in [0.25, 0.3) is 11.1 Å². The Balaban J connectivity index is 1.93. The van der Waals surface area contributed by atoms with Crippen molar-refractivity contribution in [1.82, 2.24) is 4.98 Å². The van der Waals surface area contributed by atoms with E-state index in [-0.39, 0.29) is 23.1 Å². The molecule has 9 heteroatoms. The molecule has 0 radical (unpaired) electrons. The Morgan fingerprint density at radius 2 is 2.07 bits per heavy atom. The number of aromatic amines is 1. The number of nitrogens with zero attached hydrogens (tertiary/aromatic N) is 3. The molecule has 0 aliphatic carbocycles. The number of H-pyrrole nitrogens is 1. The zero-order chi connectivity index (χ0) is 21.8. The Hall–Kier alpha value is -3.67. The molecule has 30 heavy (non-hydrogen) atoms. The van der Waals surface area contributed by atoms with Crippen LogP contribution in [0.1, 0.15) is 31.0 Å². The number of esters is 1. The number of piperidine rings is 1. The van der Waals surface area contributed by atoms with Gasteiger partial charge < -0.3 is 14.6 Å². The average Bonchev–Trinajstić information content (AvgIpc) is 2.73. The number of rotatable bonds is 5. The molecular formula is C21H22N4O5. The highest BCUT2D eigenvalue weighted by Gasteiger charge is 2.29. The van der Waals surface area contributed by atoms with Crippen LogP contribution < -0.4 is 10.5 Å². The van der Waals surface area contributed by atoms with Gasteiger partial charge in [-0.3, -0.25) is 19.7 Å². The first-order valence-corrected chi connectivity index (χ1v) is 9.70. The van der Waals surface area contributed by atoms with Gasteiger partial charge in [0.1, 0.15) is 17.3 Å². The summed E-state index contributed by atoms with van der Waals surface area (Å²) in [7, 11) is 0. The van der Waals surface area contributed by atoms with Crippen molar-refractivity contribution in [3.05, 3.63) is 56.0 Å². The van der Waals surface area contributed by atoms with Crippen molar-refractivity contribution >= 4 is 17.3 Å². The number of anilines is 1. The van der Waals surface area contributed by atoms with Crippen molar-refractivity contribution in [2.75, 3.05) is 24.6 Å². The van der Waals surface area contributed by atoms with Crippen LogP contribution in [0.3, 0.4) is 0 Å². The summed E-state index contributed by atoms with van der Waals surface area (Å²) in [5.41, 5.74) is 1.07. The normalized spacial score (nSPS) is 14.2. The molecule has 2 heterocycles. The van der Waals surface area contributed by atoms with E-state index in [0.29, 0.717) is 55.0 Å². The van der Waals surface area contributed by atoms with Gasteiger partial charge in [0, 0.05) is 30.4 Å². The number of nitro groups is 1. The smallest absolute Gasteiger partial charge is 0.309 e. The van der Waals surface area contributed by atoms with Gasteiger partial charge in [0.25, 0.3) is 11.2 Å². The first-order valence-electron chi connectivity index (χ1n) is 9.70. The van der Waals surface area contributed by atoms with Gasteiger partial charge >= 0.3 is 5.97 Å². The summed E-state index contributed by atoms with van der Waals surface area (Å²) < 4.78 is 5.07. The topological polar surface area (TPSA) is 129 Å². The number of nitriles is 1. The maximum Gasteiger partial charge on any atom is 0.309 e. The molecule has 0 saturated carbocycles. The number of hydrogen-bond acceptors (Lipinski definition) is 7. The van der Waals surface area contributed by atoms with Crippen molar-refractivity contribution in [1.29, 1.82) is 5.26 Å². The van der Waals surface area contributed by atoms with E-state index in [1.807, 2.05) is 11.0 Å². The Morgan fingerprint density at radius 3 is 2.67 bits per heavy atom. The lowest BCUT2D eigenvalue weighted by Gasteiger charge is -2.32. The Morgan fingerprint density at radius 1 is 1.37 bits per heavy atom. The molecule has 0 amide bonds. The maximum absolute atomic E-state index is 12.1. The molecule has 0 bridgehead atoms. The molecule has 1 aromatic heterocycles. The van der Waals surface area contributed by atoms with Crippen molar-refractivity contribution in [3.63, 3.8) is 0 Å². The highest BCUT2D eigenvalue weighted by molar-refractivity contribution is 5.78. The van der Waals surface area contributed by atoms with Crippen LogP contribution in [0, 0.1) is 34.3 Å². The molecule has 1 saturated heterocycles. The largest absolute Gasteiger partial charge is 0.466 e. The average molecular weight is 410 g/mol. The minimum atomic E-state index is -0.528. The molecule has 156 valence electrons. The zero-order valence-corrected chi connectivity index (χ0v) is 16.8. The lowest BCUT2D eigenvalue weighted by Crippen LogP contribution is -2.37. The molecule has 3 rings (SSSR count). The molecule has 9 nitrogen and oxygen atoms in total. The highest BCUT2D eigenvalue weighted by atomic mass is 16.6. The third-order valence-corrected chi connectivity index (χ3v) is 5.22. The van der Waals surface area contributed by atoms with Gasteiger partial charge in [0.15, 0.2) is 0 Å². The van der Waals surface area contributed by atoms with Crippen molar-refractivity contribution in [2.24, 2.45) is 5.92 Å². The van der Waals surface area contributed by atoms with Gasteiger partial charge in [-0.05, 0) is 44.4 Å². The highest BCUT2D eigenvalue weighted by Crippen LogP contribution is 2.36. The van der Waals surface area contributed by atoms with E-state index in [1.165, 1.54) is 6.07 Å². The minimum Gasteiger partial charge on any atom is -0.466 e. The Kier molecular flexibility index (Phi) is 6.16. The second-order valence-corrected chi connectivity index (χ2v) is 7.16. The number of benzene rings is 1. The fourth-order valence-corrected chi connectivity index (χ4v) is 3.75. The number of ether oxygens (including phenoxy) is 1. The summed E-state index contributed by atoms with van der Waals surface area (Å²) in [6, 6.07) is 8.20. The van der Waals surface area contributed by atoms with Gasteiger partial charge in [0.2, 0.25) is 0 Å². The van der Waals surface area contributed by atoms with Gasteiger partial charge in [0.05, 0.1) is 17.4 Å². The number of carbonyl (C=O) groups is 1. The monoisotopic (exact) mass is 410 g/mol. The summed E-state index contributed by atoms with van der Waals surface area (Å²) in [6.45, 7) is 4.77.